The second kappa shape index (κ2) is 9.29. The molecule has 0 spiro atoms. The first-order chi connectivity index (χ1) is 15.1. The van der Waals surface area contributed by atoms with Crippen LogP contribution in [0.15, 0.2) is 70.9 Å². The van der Waals surface area contributed by atoms with Crippen molar-refractivity contribution in [2.75, 3.05) is 13.7 Å². The molecular weight excluding hydrogens is 390 g/mol. The average Bonchev–Trinajstić information content (AvgIpc) is 2.79. The monoisotopic (exact) mass is 417 g/mol. The van der Waals surface area contributed by atoms with Gasteiger partial charge in [0.05, 0.1) is 13.7 Å². The molecule has 1 heterocycles. The summed E-state index contributed by atoms with van der Waals surface area (Å²) in [5.41, 5.74) is 4.17. The highest BCUT2D eigenvalue weighted by Gasteiger charge is 2.43. The Morgan fingerprint density at radius 3 is 2.68 bits per heavy atom. The van der Waals surface area contributed by atoms with Crippen LogP contribution >= 0.6 is 0 Å². The molecule has 0 saturated carbocycles. The first-order valence-electron chi connectivity index (χ1n) is 10.7. The molecule has 2 aromatic carbocycles. The molecule has 5 heteroatoms. The van der Waals surface area contributed by atoms with Crippen LogP contribution in [0, 0.1) is 5.92 Å². The normalized spacial score (nSPS) is 20.7. The largest absolute Gasteiger partial charge is 0.497 e. The summed E-state index contributed by atoms with van der Waals surface area (Å²) >= 11 is 0. The van der Waals surface area contributed by atoms with Crippen molar-refractivity contribution >= 4 is 17.5 Å². The molecule has 160 valence electrons. The van der Waals surface area contributed by atoms with Crippen molar-refractivity contribution in [1.29, 1.82) is 0 Å². The van der Waals surface area contributed by atoms with E-state index in [9.17, 15) is 9.59 Å². The lowest BCUT2D eigenvalue weighted by atomic mass is 9.71. The van der Waals surface area contributed by atoms with E-state index in [0.717, 1.165) is 29.7 Å². The van der Waals surface area contributed by atoms with Crippen molar-refractivity contribution in [3.8, 4) is 5.75 Å². The summed E-state index contributed by atoms with van der Waals surface area (Å²) in [7, 11) is 1.61. The van der Waals surface area contributed by atoms with Crippen molar-refractivity contribution < 1.29 is 19.1 Å². The molecule has 0 aromatic heterocycles. The molecule has 31 heavy (non-hydrogen) atoms. The first kappa shape index (κ1) is 21.0. The number of aliphatic imine (C=N–C) groups is 1. The molecule has 1 unspecified atom stereocenters. The van der Waals surface area contributed by atoms with Crippen molar-refractivity contribution in [3.63, 3.8) is 0 Å². The van der Waals surface area contributed by atoms with Crippen LogP contribution in [0.4, 0.5) is 0 Å². The van der Waals surface area contributed by atoms with E-state index < -0.39 is 11.8 Å². The summed E-state index contributed by atoms with van der Waals surface area (Å²) in [6, 6.07) is 17.5. The maximum absolute atomic E-state index is 13.2. The highest BCUT2D eigenvalue weighted by Crippen LogP contribution is 2.44. The smallest absolute Gasteiger partial charge is 0.315 e. The van der Waals surface area contributed by atoms with Gasteiger partial charge in [-0.1, -0.05) is 42.5 Å². The van der Waals surface area contributed by atoms with Gasteiger partial charge in [-0.15, -0.1) is 0 Å². The van der Waals surface area contributed by atoms with Gasteiger partial charge in [0, 0.05) is 35.7 Å². The van der Waals surface area contributed by atoms with Crippen molar-refractivity contribution in [2.45, 2.75) is 38.5 Å². The summed E-state index contributed by atoms with van der Waals surface area (Å²) < 4.78 is 11.1. The number of carbonyl (C=O) groups is 2. The zero-order valence-corrected chi connectivity index (χ0v) is 18.0. The molecule has 1 aliphatic carbocycles. The molecule has 0 bridgehead atoms. The molecule has 0 saturated heterocycles. The summed E-state index contributed by atoms with van der Waals surface area (Å²) in [6.07, 6.45) is 2.69. The van der Waals surface area contributed by atoms with Crippen LogP contribution in [0.2, 0.25) is 0 Å². The molecule has 0 amide bonds. The van der Waals surface area contributed by atoms with Crippen LogP contribution in [-0.4, -0.2) is 31.2 Å². The molecule has 5 nitrogen and oxygen atoms in total. The molecule has 0 radical (unpaired) electrons. The molecule has 2 aliphatic rings. The van der Waals surface area contributed by atoms with E-state index in [0.29, 0.717) is 29.9 Å². The van der Waals surface area contributed by atoms with Gasteiger partial charge in [-0.3, -0.25) is 14.6 Å². The zero-order chi connectivity index (χ0) is 21.8. The van der Waals surface area contributed by atoms with E-state index >= 15 is 0 Å². The SMILES string of the molecule is COc1cccc([C@H]2C3=C(CCCC3=O)N=C(C)C2C(=O)OCCc2ccccc2)c1. The van der Waals surface area contributed by atoms with Crippen molar-refractivity contribution in [2.24, 2.45) is 10.9 Å². The lowest BCUT2D eigenvalue weighted by molar-refractivity contribution is -0.146. The third-order valence-corrected chi connectivity index (χ3v) is 6.02. The van der Waals surface area contributed by atoms with Crippen LogP contribution in [-0.2, 0) is 20.7 Å². The highest BCUT2D eigenvalue weighted by atomic mass is 16.5. The Hall–Kier alpha value is -3.21. The van der Waals surface area contributed by atoms with Gasteiger partial charge in [0.2, 0.25) is 0 Å². The van der Waals surface area contributed by atoms with Gasteiger partial charge in [-0.2, -0.15) is 0 Å². The molecule has 2 aromatic rings. The van der Waals surface area contributed by atoms with Gasteiger partial charge in [0.1, 0.15) is 11.7 Å². The van der Waals surface area contributed by atoms with Gasteiger partial charge in [0.15, 0.2) is 5.78 Å². The fourth-order valence-corrected chi connectivity index (χ4v) is 4.51. The molecular formula is C26H27NO4. The summed E-state index contributed by atoms with van der Waals surface area (Å²) in [5, 5.41) is 0. The van der Waals surface area contributed by atoms with E-state index in [4.69, 9.17) is 9.47 Å². The lowest BCUT2D eigenvalue weighted by Gasteiger charge is -2.34. The quantitative estimate of drug-likeness (QED) is 0.641. The van der Waals surface area contributed by atoms with E-state index in [1.165, 1.54) is 0 Å². The third-order valence-electron chi connectivity index (χ3n) is 6.02. The Bertz CT molecular complexity index is 1040. The van der Waals surface area contributed by atoms with E-state index in [1.807, 2.05) is 61.5 Å². The Kier molecular flexibility index (Phi) is 6.31. The third kappa shape index (κ3) is 4.46. The molecule has 2 atom stereocenters. The average molecular weight is 418 g/mol. The first-order valence-corrected chi connectivity index (χ1v) is 10.7. The van der Waals surface area contributed by atoms with Crippen LogP contribution in [0.25, 0.3) is 0 Å². The number of methoxy groups -OCH3 is 1. The summed E-state index contributed by atoms with van der Waals surface area (Å²) in [4.78, 5) is 30.9. The Morgan fingerprint density at radius 1 is 1.10 bits per heavy atom. The van der Waals surface area contributed by atoms with E-state index in [1.54, 1.807) is 7.11 Å². The van der Waals surface area contributed by atoms with Gasteiger partial charge in [-0.05, 0) is 43.0 Å². The second-order valence-corrected chi connectivity index (χ2v) is 8.03. The fourth-order valence-electron chi connectivity index (χ4n) is 4.51. The Morgan fingerprint density at radius 2 is 1.90 bits per heavy atom. The van der Waals surface area contributed by atoms with Crippen molar-refractivity contribution in [3.05, 3.63) is 77.0 Å². The maximum atomic E-state index is 13.2. The molecule has 0 N–H and O–H groups in total. The fraction of sp³-hybridized carbons (Fsp3) is 0.346. The maximum Gasteiger partial charge on any atom is 0.315 e. The second-order valence-electron chi connectivity index (χ2n) is 8.03. The number of ether oxygens (including phenoxy) is 2. The van der Waals surface area contributed by atoms with Gasteiger partial charge < -0.3 is 9.47 Å². The van der Waals surface area contributed by atoms with Crippen molar-refractivity contribution in [1.82, 2.24) is 0 Å². The van der Waals surface area contributed by atoms with Crippen LogP contribution in [0.3, 0.4) is 0 Å². The minimum absolute atomic E-state index is 0.0763. The Labute approximate surface area is 182 Å². The number of Topliss-reactive ketones (excluding diaryl/α,β-unsaturated/α-hetero) is 1. The number of nitrogens with zero attached hydrogens (tertiary/aromatic N) is 1. The number of ketones is 1. The van der Waals surface area contributed by atoms with Gasteiger partial charge in [0.25, 0.3) is 0 Å². The van der Waals surface area contributed by atoms with Crippen LogP contribution in [0.1, 0.15) is 43.2 Å². The summed E-state index contributed by atoms with van der Waals surface area (Å²) in [6.45, 7) is 2.15. The number of benzene rings is 2. The topological polar surface area (TPSA) is 65.0 Å². The number of hydrogen-bond donors (Lipinski definition) is 0. The zero-order valence-electron chi connectivity index (χ0n) is 18.0. The number of carbonyl (C=O) groups excluding carboxylic acids is 2. The molecule has 1 aliphatic heterocycles. The van der Waals surface area contributed by atoms with Crippen LogP contribution in [0.5, 0.6) is 5.75 Å². The van der Waals surface area contributed by atoms with Gasteiger partial charge in [-0.25, -0.2) is 0 Å². The number of allylic oxidation sites excluding steroid dienone is 2. The predicted octanol–water partition coefficient (Wildman–Crippen LogP) is 4.66. The molecule has 0 fully saturated rings. The number of esters is 1. The van der Waals surface area contributed by atoms with E-state index in [-0.39, 0.29) is 18.4 Å². The minimum atomic E-state index is -0.622. The standard InChI is InChI=1S/C26H27NO4/c1-17-23(26(29)31-15-14-18-8-4-3-5-9-18)24(19-10-6-11-20(16-19)30-2)25-21(27-17)12-7-13-22(25)28/h3-6,8-11,16,23-24H,7,12-15H2,1-2H3/t23?,24-/m1/s1. The predicted molar refractivity (Wildman–Crippen MR) is 119 cm³/mol. The number of rotatable bonds is 6. The minimum Gasteiger partial charge on any atom is -0.497 e. The molecule has 4 rings (SSSR count). The van der Waals surface area contributed by atoms with E-state index in [2.05, 4.69) is 4.99 Å². The summed E-state index contributed by atoms with van der Waals surface area (Å²) in [5.74, 6) is -0.593. The Balaban J connectivity index is 1.64. The van der Waals surface area contributed by atoms with Crippen LogP contribution < -0.4 is 4.74 Å². The highest BCUT2D eigenvalue weighted by molar-refractivity contribution is 6.08. The van der Waals surface area contributed by atoms with Gasteiger partial charge >= 0.3 is 5.97 Å². The lowest BCUT2D eigenvalue weighted by Crippen LogP contribution is -2.37. The number of hydrogen-bond acceptors (Lipinski definition) is 5.